The van der Waals surface area contributed by atoms with Crippen molar-refractivity contribution in [2.45, 2.75) is 13.0 Å². The molecule has 1 aromatic carbocycles. The minimum atomic E-state index is 0.116. The Hall–Kier alpha value is -1.02. The molecule has 0 fully saturated rings. The zero-order valence-corrected chi connectivity index (χ0v) is 7.91. The summed E-state index contributed by atoms with van der Waals surface area (Å²) in [6.07, 6.45) is 0. The molecule has 0 radical (unpaired) electrons. The van der Waals surface area contributed by atoms with Gasteiger partial charge in [0.15, 0.2) is 0 Å². The molecular formula is C10H16N2. The predicted octanol–water partition coefficient (Wildman–Crippen LogP) is 1.77. The molecule has 0 aromatic heterocycles. The third-order valence-corrected chi connectivity index (χ3v) is 1.91. The summed E-state index contributed by atoms with van der Waals surface area (Å²) in [5, 5.41) is 0. The lowest BCUT2D eigenvalue weighted by Crippen LogP contribution is -2.10. The van der Waals surface area contributed by atoms with Crippen LogP contribution in [0.2, 0.25) is 0 Å². The topological polar surface area (TPSA) is 29.3 Å². The molecule has 2 N–H and O–H groups in total. The molecule has 1 atom stereocenters. The van der Waals surface area contributed by atoms with E-state index in [1.807, 2.05) is 27.1 Å². The van der Waals surface area contributed by atoms with Gasteiger partial charge in [-0.1, -0.05) is 12.1 Å². The molecule has 0 unspecified atom stereocenters. The fraction of sp³-hybridized carbons (Fsp3) is 0.400. The van der Waals surface area contributed by atoms with Crippen LogP contribution in [0.15, 0.2) is 24.3 Å². The third-order valence-electron chi connectivity index (χ3n) is 1.91. The van der Waals surface area contributed by atoms with Gasteiger partial charge < -0.3 is 10.6 Å². The quantitative estimate of drug-likeness (QED) is 0.721. The zero-order valence-electron chi connectivity index (χ0n) is 7.91. The molecule has 66 valence electrons. The van der Waals surface area contributed by atoms with Crippen molar-refractivity contribution in [1.29, 1.82) is 0 Å². The van der Waals surface area contributed by atoms with Crippen LogP contribution in [0.3, 0.4) is 0 Å². The Kier molecular flexibility index (Phi) is 2.71. The standard InChI is InChI=1S/C10H16N2/c1-8(11)9-5-4-6-10(7-9)12(2)3/h4-8H,11H2,1-3H3/t8-/m1/s1. The maximum absolute atomic E-state index is 5.76. The third kappa shape index (κ3) is 1.98. The molecule has 1 rings (SSSR count). The highest BCUT2D eigenvalue weighted by Crippen LogP contribution is 2.17. The lowest BCUT2D eigenvalue weighted by Gasteiger charge is -2.14. The number of nitrogens with zero attached hydrogens (tertiary/aromatic N) is 1. The second kappa shape index (κ2) is 3.59. The molecule has 0 aliphatic heterocycles. The summed E-state index contributed by atoms with van der Waals surface area (Å²) < 4.78 is 0. The van der Waals surface area contributed by atoms with E-state index in [0.29, 0.717) is 0 Å². The lowest BCUT2D eigenvalue weighted by molar-refractivity contribution is 0.817. The molecule has 0 spiro atoms. The van der Waals surface area contributed by atoms with E-state index in [1.54, 1.807) is 0 Å². The fourth-order valence-electron chi connectivity index (χ4n) is 1.09. The summed E-state index contributed by atoms with van der Waals surface area (Å²) in [5.41, 5.74) is 8.14. The van der Waals surface area contributed by atoms with Crippen LogP contribution in [0.4, 0.5) is 5.69 Å². The number of anilines is 1. The van der Waals surface area contributed by atoms with Crippen molar-refractivity contribution in [1.82, 2.24) is 0 Å². The van der Waals surface area contributed by atoms with Crippen LogP contribution in [-0.2, 0) is 0 Å². The van der Waals surface area contributed by atoms with Crippen molar-refractivity contribution in [3.63, 3.8) is 0 Å². The van der Waals surface area contributed by atoms with E-state index >= 15 is 0 Å². The van der Waals surface area contributed by atoms with Gasteiger partial charge in [-0.2, -0.15) is 0 Å². The van der Waals surface area contributed by atoms with Crippen LogP contribution in [0.1, 0.15) is 18.5 Å². The fourth-order valence-corrected chi connectivity index (χ4v) is 1.09. The first-order valence-electron chi connectivity index (χ1n) is 4.14. The first-order valence-corrected chi connectivity index (χ1v) is 4.14. The minimum Gasteiger partial charge on any atom is -0.378 e. The van der Waals surface area contributed by atoms with E-state index in [0.717, 1.165) is 0 Å². The monoisotopic (exact) mass is 164 g/mol. The SMILES string of the molecule is C[C@@H](N)c1cccc(N(C)C)c1. The molecule has 2 heteroatoms. The summed E-state index contributed by atoms with van der Waals surface area (Å²) in [4.78, 5) is 2.08. The van der Waals surface area contributed by atoms with Gasteiger partial charge in [-0.05, 0) is 24.6 Å². The maximum atomic E-state index is 5.76. The van der Waals surface area contributed by atoms with Crippen LogP contribution >= 0.6 is 0 Å². The van der Waals surface area contributed by atoms with E-state index in [4.69, 9.17) is 5.73 Å². The van der Waals surface area contributed by atoms with E-state index in [-0.39, 0.29) is 6.04 Å². The number of hydrogen-bond donors (Lipinski definition) is 1. The first-order chi connectivity index (χ1) is 5.61. The smallest absolute Gasteiger partial charge is 0.0364 e. The highest BCUT2D eigenvalue weighted by Gasteiger charge is 2.00. The maximum Gasteiger partial charge on any atom is 0.0364 e. The van der Waals surface area contributed by atoms with Crippen molar-refractivity contribution < 1.29 is 0 Å². The molecule has 0 saturated carbocycles. The zero-order chi connectivity index (χ0) is 9.14. The van der Waals surface area contributed by atoms with Crippen molar-refractivity contribution in [3.05, 3.63) is 29.8 Å². The molecule has 0 amide bonds. The molecule has 0 aliphatic rings. The van der Waals surface area contributed by atoms with Gasteiger partial charge in [-0.3, -0.25) is 0 Å². The Bertz CT molecular complexity index is 231. The van der Waals surface area contributed by atoms with Crippen molar-refractivity contribution in [2.75, 3.05) is 19.0 Å². The van der Waals surface area contributed by atoms with Gasteiger partial charge in [0.25, 0.3) is 0 Å². The average Bonchev–Trinajstić information content (AvgIpc) is 2.04. The Morgan fingerprint density at radius 2 is 2.00 bits per heavy atom. The first kappa shape index (κ1) is 9.07. The molecule has 1 aromatic rings. The van der Waals surface area contributed by atoms with Gasteiger partial charge in [0.1, 0.15) is 0 Å². The highest BCUT2D eigenvalue weighted by molar-refractivity contribution is 5.47. The normalized spacial score (nSPS) is 12.7. The van der Waals surface area contributed by atoms with Crippen molar-refractivity contribution >= 4 is 5.69 Å². The van der Waals surface area contributed by atoms with Crippen molar-refractivity contribution in [2.24, 2.45) is 5.73 Å². The van der Waals surface area contributed by atoms with E-state index in [9.17, 15) is 0 Å². The molecule has 12 heavy (non-hydrogen) atoms. The molecular weight excluding hydrogens is 148 g/mol. The van der Waals surface area contributed by atoms with Gasteiger partial charge in [0.2, 0.25) is 0 Å². The summed E-state index contributed by atoms with van der Waals surface area (Å²) >= 11 is 0. The number of benzene rings is 1. The number of nitrogens with two attached hydrogens (primary N) is 1. The molecule has 0 heterocycles. The Labute approximate surface area is 74.0 Å². The molecule has 0 aliphatic carbocycles. The van der Waals surface area contributed by atoms with E-state index in [1.165, 1.54) is 11.3 Å². The van der Waals surface area contributed by atoms with Crippen LogP contribution in [-0.4, -0.2) is 14.1 Å². The van der Waals surface area contributed by atoms with E-state index in [2.05, 4.69) is 23.1 Å². The Morgan fingerprint density at radius 1 is 1.33 bits per heavy atom. The summed E-state index contributed by atoms with van der Waals surface area (Å²) in [5.74, 6) is 0. The van der Waals surface area contributed by atoms with Crippen LogP contribution in [0, 0.1) is 0 Å². The second-order valence-corrected chi connectivity index (χ2v) is 3.28. The van der Waals surface area contributed by atoms with Crippen LogP contribution in [0.5, 0.6) is 0 Å². The molecule has 2 nitrogen and oxygen atoms in total. The minimum absolute atomic E-state index is 0.116. The molecule has 0 saturated heterocycles. The van der Waals surface area contributed by atoms with Gasteiger partial charge in [-0.25, -0.2) is 0 Å². The number of rotatable bonds is 2. The van der Waals surface area contributed by atoms with Gasteiger partial charge in [-0.15, -0.1) is 0 Å². The highest BCUT2D eigenvalue weighted by atomic mass is 15.1. The summed E-state index contributed by atoms with van der Waals surface area (Å²) in [6.45, 7) is 1.99. The largest absolute Gasteiger partial charge is 0.378 e. The number of hydrogen-bond acceptors (Lipinski definition) is 2. The Morgan fingerprint density at radius 3 is 2.50 bits per heavy atom. The lowest BCUT2D eigenvalue weighted by atomic mass is 10.1. The van der Waals surface area contributed by atoms with Crippen molar-refractivity contribution in [3.8, 4) is 0 Å². The van der Waals surface area contributed by atoms with Gasteiger partial charge in [0, 0.05) is 25.8 Å². The van der Waals surface area contributed by atoms with E-state index < -0.39 is 0 Å². The summed E-state index contributed by atoms with van der Waals surface area (Å²) in [6, 6.07) is 8.40. The summed E-state index contributed by atoms with van der Waals surface area (Å²) in [7, 11) is 4.06. The van der Waals surface area contributed by atoms with Gasteiger partial charge in [0.05, 0.1) is 0 Å². The van der Waals surface area contributed by atoms with Crippen LogP contribution < -0.4 is 10.6 Å². The predicted molar refractivity (Wildman–Crippen MR) is 53.4 cm³/mol. The Balaban J connectivity index is 2.96. The van der Waals surface area contributed by atoms with Crippen LogP contribution in [0.25, 0.3) is 0 Å². The molecule has 0 bridgehead atoms. The average molecular weight is 164 g/mol. The van der Waals surface area contributed by atoms with Gasteiger partial charge >= 0.3 is 0 Å². The second-order valence-electron chi connectivity index (χ2n) is 3.28.